The van der Waals surface area contributed by atoms with Crippen LogP contribution in [0.15, 0.2) is 88.1 Å². The maximum absolute atomic E-state index is 11.9. The second-order valence-electron chi connectivity index (χ2n) is 6.17. The number of non-ortho nitro benzene ring substituents is 1. The molecule has 2 N–H and O–H groups in total. The number of rotatable bonds is 7. The van der Waals surface area contributed by atoms with Crippen LogP contribution in [0, 0.1) is 10.1 Å². The number of aromatic hydroxyl groups is 1. The molecule has 0 saturated carbocycles. The Hall–Kier alpha value is -4.40. The van der Waals surface area contributed by atoms with Crippen molar-refractivity contribution >= 4 is 29.2 Å². The minimum absolute atomic E-state index is 0.0357. The molecule has 9 nitrogen and oxygen atoms in total. The van der Waals surface area contributed by atoms with Gasteiger partial charge >= 0.3 is 0 Å². The summed E-state index contributed by atoms with van der Waals surface area (Å²) in [7, 11) is 0. The van der Waals surface area contributed by atoms with E-state index in [0.29, 0.717) is 16.9 Å². The van der Waals surface area contributed by atoms with Crippen LogP contribution in [0.3, 0.4) is 0 Å². The Morgan fingerprint density at radius 2 is 1.67 bits per heavy atom. The van der Waals surface area contributed by atoms with Gasteiger partial charge < -0.3 is 5.11 Å². The van der Waals surface area contributed by atoms with Crippen molar-refractivity contribution in [1.82, 2.24) is 5.43 Å². The number of azo groups is 1. The number of hydrogen-bond acceptors (Lipinski definition) is 7. The number of nitrogens with zero attached hydrogens (tertiary/aromatic N) is 4. The monoisotopic (exact) mass is 403 g/mol. The van der Waals surface area contributed by atoms with Crippen molar-refractivity contribution in [1.29, 1.82) is 0 Å². The van der Waals surface area contributed by atoms with E-state index in [-0.39, 0.29) is 23.8 Å². The average molecular weight is 403 g/mol. The summed E-state index contributed by atoms with van der Waals surface area (Å²) in [6, 6.07) is 19.4. The highest BCUT2D eigenvalue weighted by Gasteiger charge is 2.05. The maximum Gasteiger partial charge on any atom is 0.269 e. The van der Waals surface area contributed by atoms with Crippen LogP contribution in [0.4, 0.5) is 17.1 Å². The minimum Gasteiger partial charge on any atom is -0.507 e. The Bertz CT molecular complexity index is 1100. The molecular formula is C21H17N5O4. The summed E-state index contributed by atoms with van der Waals surface area (Å²) in [5, 5.41) is 32.6. The van der Waals surface area contributed by atoms with Gasteiger partial charge in [-0.15, -0.1) is 0 Å². The van der Waals surface area contributed by atoms with Crippen molar-refractivity contribution < 1.29 is 14.8 Å². The van der Waals surface area contributed by atoms with Crippen LogP contribution >= 0.6 is 0 Å². The summed E-state index contributed by atoms with van der Waals surface area (Å²) in [4.78, 5) is 22.1. The van der Waals surface area contributed by atoms with E-state index in [4.69, 9.17) is 0 Å². The van der Waals surface area contributed by atoms with Crippen molar-refractivity contribution in [2.75, 3.05) is 0 Å². The quantitative estimate of drug-likeness (QED) is 0.262. The van der Waals surface area contributed by atoms with Gasteiger partial charge in [0.15, 0.2) is 0 Å². The average Bonchev–Trinajstić information content (AvgIpc) is 2.75. The zero-order chi connectivity index (χ0) is 21.3. The van der Waals surface area contributed by atoms with E-state index < -0.39 is 4.92 Å². The number of hydrazone groups is 1. The van der Waals surface area contributed by atoms with Crippen LogP contribution in [-0.4, -0.2) is 22.2 Å². The zero-order valence-corrected chi connectivity index (χ0v) is 15.7. The number of carbonyl (C=O) groups excluding carboxylic acids is 1. The van der Waals surface area contributed by atoms with E-state index >= 15 is 0 Å². The smallest absolute Gasteiger partial charge is 0.269 e. The first-order valence-electron chi connectivity index (χ1n) is 8.86. The van der Waals surface area contributed by atoms with E-state index in [1.54, 1.807) is 6.07 Å². The lowest BCUT2D eigenvalue weighted by Crippen LogP contribution is -2.19. The van der Waals surface area contributed by atoms with Crippen LogP contribution in [-0.2, 0) is 11.2 Å². The number of phenols is 1. The number of benzene rings is 3. The van der Waals surface area contributed by atoms with Crippen LogP contribution in [0.1, 0.15) is 11.1 Å². The minimum atomic E-state index is -0.495. The summed E-state index contributed by atoms with van der Waals surface area (Å²) in [6.45, 7) is 0. The molecule has 0 aliphatic rings. The van der Waals surface area contributed by atoms with Crippen molar-refractivity contribution in [3.05, 3.63) is 94.0 Å². The number of hydrogen-bond donors (Lipinski definition) is 2. The lowest BCUT2D eigenvalue weighted by atomic mass is 10.1. The first-order chi connectivity index (χ1) is 14.5. The fourth-order valence-electron chi connectivity index (χ4n) is 2.46. The summed E-state index contributed by atoms with van der Waals surface area (Å²) in [5.74, 6) is -0.323. The first kappa shape index (κ1) is 20.3. The van der Waals surface area contributed by atoms with E-state index in [0.717, 1.165) is 5.56 Å². The molecule has 0 bridgehead atoms. The number of nitrogens with one attached hydrogen (secondary N) is 1. The van der Waals surface area contributed by atoms with Crippen LogP contribution in [0.2, 0.25) is 0 Å². The molecule has 0 unspecified atom stereocenters. The van der Waals surface area contributed by atoms with Gasteiger partial charge in [0, 0.05) is 17.7 Å². The molecule has 0 atom stereocenters. The molecule has 3 rings (SSSR count). The number of nitro benzene ring substituents is 1. The van der Waals surface area contributed by atoms with Crippen LogP contribution in [0.5, 0.6) is 5.75 Å². The number of phenolic OH excluding ortho intramolecular Hbond substituents is 1. The molecule has 9 heteroatoms. The lowest BCUT2D eigenvalue weighted by Gasteiger charge is -2.02. The first-order valence-corrected chi connectivity index (χ1v) is 8.86. The molecule has 0 radical (unpaired) electrons. The molecule has 0 heterocycles. The molecule has 3 aromatic rings. The normalized spacial score (nSPS) is 11.1. The molecule has 3 aromatic carbocycles. The van der Waals surface area contributed by atoms with Gasteiger partial charge in [-0.1, -0.05) is 30.3 Å². The predicted octanol–water partition coefficient (Wildman–Crippen LogP) is 4.41. The number of nitro groups is 1. The van der Waals surface area contributed by atoms with Gasteiger partial charge in [0.05, 0.1) is 28.9 Å². The molecule has 0 saturated heterocycles. The van der Waals surface area contributed by atoms with Gasteiger partial charge in [0.2, 0.25) is 5.91 Å². The Kier molecular flexibility index (Phi) is 6.57. The molecule has 0 aromatic heterocycles. The number of amides is 1. The van der Waals surface area contributed by atoms with E-state index in [2.05, 4.69) is 20.8 Å². The summed E-state index contributed by atoms with van der Waals surface area (Å²) >= 11 is 0. The van der Waals surface area contributed by atoms with Gasteiger partial charge in [-0.3, -0.25) is 14.9 Å². The topological polar surface area (TPSA) is 130 Å². The van der Waals surface area contributed by atoms with E-state index in [9.17, 15) is 20.0 Å². The lowest BCUT2D eigenvalue weighted by molar-refractivity contribution is -0.384. The predicted molar refractivity (Wildman–Crippen MR) is 111 cm³/mol. The fourth-order valence-corrected chi connectivity index (χ4v) is 2.46. The van der Waals surface area contributed by atoms with Gasteiger partial charge in [0.25, 0.3) is 5.69 Å². The van der Waals surface area contributed by atoms with Gasteiger partial charge in [0.1, 0.15) is 5.75 Å². The Morgan fingerprint density at radius 3 is 2.37 bits per heavy atom. The van der Waals surface area contributed by atoms with Crippen molar-refractivity contribution in [3.8, 4) is 5.75 Å². The molecule has 0 fully saturated rings. The van der Waals surface area contributed by atoms with Gasteiger partial charge in [-0.05, 0) is 35.9 Å². The molecule has 0 aliphatic carbocycles. The third-order valence-corrected chi connectivity index (χ3v) is 3.95. The standard InChI is InChI=1S/C21H17N5O4/c27-20-11-8-18(24-23-17-6-9-19(10-7-17)26(29)30)13-16(20)14-22-25-21(28)12-15-4-2-1-3-5-15/h1-11,13-14,27H,12H2,(H,25,28)/b22-14+,24-23?. The molecule has 0 spiro atoms. The largest absolute Gasteiger partial charge is 0.507 e. The van der Waals surface area contributed by atoms with Crippen molar-refractivity contribution in [3.63, 3.8) is 0 Å². The molecule has 30 heavy (non-hydrogen) atoms. The summed E-state index contributed by atoms with van der Waals surface area (Å²) < 4.78 is 0. The highest BCUT2D eigenvalue weighted by molar-refractivity contribution is 5.86. The zero-order valence-electron chi connectivity index (χ0n) is 15.7. The number of carbonyl (C=O) groups is 1. The second-order valence-corrected chi connectivity index (χ2v) is 6.17. The molecule has 1 amide bonds. The van der Waals surface area contributed by atoms with Gasteiger partial charge in [-0.25, -0.2) is 5.43 Å². The third kappa shape index (κ3) is 5.80. The molecule has 150 valence electrons. The Morgan fingerprint density at radius 1 is 1.00 bits per heavy atom. The van der Waals surface area contributed by atoms with Crippen molar-refractivity contribution in [2.24, 2.45) is 15.3 Å². The SMILES string of the molecule is O=C(Cc1ccccc1)N/N=C/c1cc(N=Nc2ccc([N+](=O)[O-])cc2)ccc1O. The van der Waals surface area contributed by atoms with Gasteiger partial charge in [-0.2, -0.15) is 15.3 Å². The van der Waals surface area contributed by atoms with Crippen molar-refractivity contribution in [2.45, 2.75) is 6.42 Å². The Balaban J connectivity index is 1.63. The maximum atomic E-state index is 11.9. The molecular weight excluding hydrogens is 386 g/mol. The summed E-state index contributed by atoms with van der Waals surface area (Å²) in [6.07, 6.45) is 1.50. The third-order valence-electron chi connectivity index (χ3n) is 3.95. The van der Waals surface area contributed by atoms with E-state index in [1.807, 2.05) is 30.3 Å². The van der Waals surface area contributed by atoms with Crippen LogP contribution in [0.25, 0.3) is 0 Å². The van der Waals surface area contributed by atoms with E-state index in [1.165, 1.54) is 42.6 Å². The fraction of sp³-hybridized carbons (Fsp3) is 0.0476. The van der Waals surface area contributed by atoms with Crippen LogP contribution < -0.4 is 5.43 Å². The Labute approximate surface area is 171 Å². The summed E-state index contributed by atoms with van der Waals surface area (Å²) in [5.41, 5.74) is 4.45. The highest BCUT2D eigenvalue weighted by atomic mass is 16.6. The highest BCUT2D eigenvalue weighted by Crippen LogP contribution is 2.25. The molecule has 0 aliphatic heterocycles. The second kappa shape index (κ2) is 9.69.